The van der Waals surface area contributed by atoms with Crippen molar-refractivity contribution in [2.75, 3.05) is 32.5 Å². The number of carbonyl (C=O) groups is 2. The van der Waals surface area contributed by atoms with E-state index in [2.05, 4.69) is 10.2 Å². The van der Waals surface area contributed by atoms with E-state index in [0.29, 0.717) is 10.7 Å². The first-order valence-corrected chi connectivity index (χ1v) is 7.86. The molecule has 1 aliphatic rings. The van der Waals surface area contributed by atoms with E-state index in [9.17, 15) is 9.59 Å². The van der Waals surface area contributed by atoms with Gasteiger partial charge in [0.15, 0.2) is 0 Å². The molecule has 22 heavy (non-hydrogen) atoms. The van der Waals surface area contributed by atoms with E-state index in [1.807, 2.05) is 7.05 Å². The molecule has 0 spiro atoms. The van der Waals surface area contributed by atoms with Crippen LogP contribution in [-0.4, -0.2) is 54.8 Å². The summed E-state index contributed by atoms with van der Waals surface area (Å²) in [4.78, 5) is 28.0. The zero-order valence-corrected chi connectivity index (χ0v) is 13.8. The number of piperidine rings is 1. The van der Waals surface area contributed by atoms with Crippen molar-refractivity contribution in [2.24, 2.45) is 0 Å². The second-order valence-electron chi connectivity index (χ2n) is 5.75. The Balaban J connectivity index is 1.89. The molecule has 0 saturated carbocycles. The summed E-state index contributed by atoms with van der Waals surface area (Å²) in [5.41, 5.74) is 0.633. The van der Waals surface area contributed by atoms with E-state index in [-0.39, 0.29) is 24.4 Å². The molecule has 1 aliphatic heterocycles. The van der Waals surface area contributed by atoms with Crippen LogP contribution in [0.5, 0.6) is 0 Å². The number of carbonyl (C=O) groups excluding carboxylic acids is 2. The van der Waals surface area contributed by atoms with Crippen LogP contribution in [0.25, 0.3) is 0 Å². The lowest BCUT2D eigenvalue weighted by molar-refractivity contribution is -0.138. The lowest BCUT2D eigenvalue weighted by atomic mass is 10.0. The van der Waals surface area contributed by atoms with Gasteiger partial charge in [-0.25, -0.2) is 0 Å². The Kier molecular flexibility index (Phi) is 5.80. The Morgan fingerprint density at radius 1 is 1.41 bits per heavy atom. The molecule has 120 valence electrons. The fourth-order valence-corrected chi connectivity index (χ4v) is 2.89. The minimum absolute atomic E-state index is 0.00319. The number of anilines is 1. The van der Waals surface area contributed by atoms with Crippen LogP contribution in [0.3, 0.4) is 0 Å². The van der Waals surface area contributed by atoms with Gasteiger partial charge in [0.1, 0.15) is 0 Å². The van der Waals surface area contributed by atoms with Gasteiger partial charge < -0.3 is 10.2 Å². The fraction of sp³-hybridized carbons (Fsp3) is 0.500. The summed E-state index contributed by atoms with van der Waals surface area (Å²) in [5.74, 6) is -0.222. The van der Waals surface area contributed by atoms with Gasteiger partial charge in [0.2, 0.25) is 11.8 Å². The van der Waals surface area contributed by atoms with Crippen LogP contribution in [-0.2, 0) is 9.59 Å². The highest BCUT2D eigenvalue weighted by Gasteiger charge is 2.28. The molecule has 1 fully saturated rings. The number of rotatable bonds is 4. The van der Waals surface area contributed by atoms with Gasteiger partial charge in [-0.3, -0.25) is 14.5 Å². The summed E-state index contributed by atoms with van der Waals surface area (Å²) in [5, 5.41) is 3.31. The summed E-state index contributed by atoms with van der Waals surface area (Å²) in [6, 6.07) is 6.84. The first-order chi connectivity index (χ1) is 10.5. The van der Waals surface area contributed by atoms with Crippen molar-refractivity contribution in [1.29, 1.82) is 0 Å². The maximum absolute atomic E-state index is 12.4. The summed E-state index contributed by atoms with van der Waals surface area (Å²) < 4.78 is 0. The van der Waals surface area contributed by atoms with Gasteiger partial charge in [0.05, 0.1) is 12.6 Å². The Bertz CT molecular complexity index is 550. The molecule has 1 heterocycles. The molecule has 1 atom stereocenters. The molecular weight excluding hydrogens is 302 g/mol. The number of hydrogen-bond donors (Lipinski definition) is 1. The number of amides is 2. The molecule has 1 unspecified atom stereocenters. The Hall–Kier alpha value is -1.59. The third-order valence-corrected chi connectivity index (χ3v) is 4.16. The third kappa shape index (κ3) is 4.45. The first kappa shape index (κ1) is 16.8. The quantitative estimate of drug-likeness (QED) is 0.924. The Labute approximate surface area is 136 Å². The molecule has 0 bridgehead atoms. The van der Waals surface area contributed by atoms with Gasteiger partial charge in [-0.15, -0.1) is 0 Å². The zero-order valence-electron chi connectivity index (χ0n) is 13.0. The number of nitrogens with one attached hydrogen (secondary N) is 1. The Morgan fingerprint density at radius 2 is 2.18 bits per heavy atom. The van der Waals surface area contributed by atoms with Gasteiger partial charge in [0, 0.05) is 17.8 Å². The number of nitrogens with zero attached hydrogens (tertiary/aromatic N) is 2. The van der Waals surface area contributed by atoms with Crippen LogP contribution in [0.1, 0.15) is 19.3 Å². The Morgan fingerprint density at radius 3 is 2.86 bits per heavy atom. The predicted octanol–water partition coefficient (Wildman–Crippen LogP) is 2.22. The van der Waals surface area contributed by atoms with Gasteiger partial charge in [-0.2, -0.15) is 0 Å². The van der Waals surface area contributed by atoms with Gasteiger partial charge in [0.25, 0.3) is 0 Å². The molecule has 0 aliphatic carbocycles. The number of likely N-dealkylation sites (N-methyl/N-ethyl adjacent to an activating group) is 2. The smallest absolute Gasteiger partial charge is 0.243 e. The molecule has 0 radical (unpaired) electrons. The lowest BCUT2D eigenvalue weighted by Gasteiger charge is -2.33. The van der Waals surface area contributed by atoms with Crippen LogP contribution in [0, 0.1) is 0 Å². The maximum Gasteiger partial charge on any atom is 0.243 e. The molecule has 0 aromatic heterocycles. The molecule has 2 amide bonds. The molecule has 1 N–H and O–H groups in total. The van der Waals surface area contributed by atoms with Crippen molar-refractivity contribution in [1.82, 2.24) is 9.80 Å². The van der Waals surface area contributed by atoms with Crippen molar-refractivity contribution in [3.05, 3.63) is 29.3 Å². The van der Waals surface area contributed by atoms with Crippen LogP contribution < -0.4 is 5.32 Å². The van der Waals surface area contributed by atoms with Crippen molar-refractivity contribution in [3.63, 3.8) is 0 Å². The van der Waals surface area contributed by atoms with Crippen LogP contribution in [0.15, 0.2) is 24.3 Å². The fourth-order valence-electron chi connectivity index (χ4n) is 2.70. The van der Waals surface area contributed by atoms with Crippen LogP contribution in [0.2, 0.25) is 5.02 Å². The van der Waals surface area contributed by atoms with Crippen molar-refractivity contribution in [3.8, 4) is 0 Å². The minimum atomic E-state index is -0.225. The molecule has 5 nitrogen and oxygen atoms in total. The first-order valence-electron chi connectivity index (χ1n) is 7.48. The molecule has 1 aromatic carbocycles. The van der Waals surface area contributed by atoms with Crippen LogP contribution >= 0.6 is 11.6 Å². The maximum atomic E-state index is 12.4. The summed E-state index contributed by atoms with van der Waals surface area (Å²) >= 11 is 5.88. The number of likely N-dealkylation sites (tertiary alicyclic amines) is 1. The lowest BCUT2D eigenvalue weighted by Crippen LogP contribution is -2.49. The predicted molar refractivity (Wildman–Crippen MR) is 88.0 cm³/mol. The summed E-state index contributed by atoms with van der Waals surface area (Å²) in [7, 11) is 3.63. The van der Waals surface area contributed by atoms with E-state index in [0.717, 1.165) is 25.8 Å². The van der Waals surface area contributed by atoms with Crippen molar-refractivity contribution < 1.29 is 9.59 Å². The second-order valence-corrected chi connectivity index (χ2v) is 6.18. The normalized spacial score (nSPS) is 18.8. The molecule has 6 heteroatoms. The SMILES string of the molecule is CN(CC(=O)Nc1cccc(Cl)c1)C(=O)C1CCCCN1C. The van der Waals surface area contributed by atoms with E-state index in [1.54, 1.807) is 31.3 Å². The highest BCUT2D eigenvalue weighted by Crippen LogP contribution is 2.17. The van der Waals surface area contributed by atoms with Crippen molar-refractivity contribution in [2.45, 2.75) is 25.3 Å². The van der Waals surface area contributed by atoms with E-state index < -0.39 is 0 Å². The topological polar surface area (TPSA) is 52.7 Å². The summed E-state index contributed by atoms with van der Waals surface area (Å²) in [6.45, 7) is 0.967. The summed E-state index contributed by atoms with van der Waals surface area (Å²) in [6.07, 6.45) is 3.04. The van der Waals surface area contributed by atoms with E-state index in [1.165, 1.54) is 4.90 Å². The van der Waals surface area contributed by atoms with Gasteiger partial charge in [-0.05, 0) is 44.6 Å². The number of benzene rings is 1. The largest absolute Gasteiger partial charge is 0.335 e. The monoisotopic (exact) mass is 323 g/mol. The number of halogens is 1. The molecular formula is C16H22ClN3O2. The molecule has 2 rings (SSSR count). The average molecular weight is 324 g/mol. The highest BCUT2D eigenvalue weighted by molar-refractivity contribution is 6.30. The van der Waals surface area contributed by atoms with Crippen molar-refractivity contribution >= 4 is 29.1 Å². The standard InChI is InChI=1S/C16H22ClN3O2/c1-19-9-4-3-8-14(19)16(22)20(2)11-15(21)18-13-7-5-6-12(17)10-13/h5-7,10,14H,3-4,8-9,11H2,1-2H3,(H,18,21). The molecule has 1 aromatic rings. The van der Waals surface area contributed by atoms with Gasteiger partial charge >= 0.3 is 0 Å². The highest BCUT2D eigenvalue weighted by atomic mass is 35.5. The van der Waals surface area contributed by atoms with Gasteiger partial charge in [-0.1, -0.05) is 24.1 Å². The second kappa shape index (κ2) is 7.61. The van der Waals surface area contributed by atoms with E-state index in [4.69, 9.17) is 11.6 Å². The third-order valence-electron chi connectivity index (χ3n) is 3.92. The molecule has 1 saturated heterocycles. The van der Waals surface area contributed by atoms with Crippen LogP contribution in [0.4, 0.5) is 5.69 Å². The minimum Gasteiger partial charge on any atom is -0.335 e. The number of hydrogen-bond acceptors (Lipinski definition) is 3. The van der Waals surface area contributed by atoms with E-state index >= 15 is 0 Å². The average Bonchev–Trinajstić information content (AvgIpc) is 2.46. The zero-order chi connectivity index (χ0) is 16.1.